The van der Waals surface area contributed by atoms with Crippen LogP contribution in [-0.4, -0.2) is 43.9 Å². The summed E-state index contributed by atoms with van der Waals surface area (Å²) in [6, 6.07) is 22.5. The zero-order valence-corrected chi connectivity index (χ0v) is 27.0. The monoisotopic (exact) mass is 656 g/mol. The largest absolute Gasteiger partial charge is 0.368 e. The number of benzene rings is 3. The number of hydrogen-bond donors (Lipinski definition) is 0. The molecule has 4 rings (SSSR count). The van der Waals surface area contributed by atoms with E-state index in [1.165, 1.54) is 0 Å². The molecule has 0 saturated carbocycles. The van der Waals surface area contributed by atoms with Gasteiger partial charge in [0, 0.05) is 15.1 Å². The predicted octanol–water partition coefficient (Wildman–Crippen LogP) is 8.76. The molecule has 0 radical (unpaired) electrons. The second-order valence-corrected chi connectivity index (χ2v) is 12.1. The van der Waals surface area contributed by atoms with Gasteiger partial charge in [-0.25, -0.2) is 0 Å². The summed E-state index contributed by atoms with van der Waals surface area (Å²) in [5, 5.41) is 1.96. The minimum absolute atomic E-state index is 0.269. The molecule has 3 aromatic carbocycles. The molecule has 1 heterocycles. The normalized spacial score (nSPS) is 22.5. The van der Waals surface area contributed by atoms with Gasteiger partial charge in [0.1, 0.15) is 18.3 Å². The standard InChI is InChI=1S/C31H36Cl3O7P/c1-4-38-42(39-5-2)41-31-30(37-20-24-10-16-27(34)17-11-24)29(36-19-23-8-14-26(33)15-9-23)28(21(3)40-31)35-18-22-6-12-25(32)13-7-22/h6-17,21,28-31H,4-5,18-20H2,1-3H3/t21-,28+,29+,30-,31?/m0/s1. The van der Waals surface area contributed by atoms with Crippen LogP contribution in [0.2, 0.25) is 15.1 Å². The van der Waals surface area contributed by atoms with E-state index in [9.17, 15) is 0 Å². The highest BCUT2D eigenvalue weighted by Crippen LogP contribution is 2.44. The minimum Gasteiger partial charge on any atom is -0.368 e. The SMILES string of the molecule is CCOP(OCC)OC1O[C@@H](C)[C@@H](OCc2ccc(Cl)cc2)[C@@H](OCc2ccc(Cl)cc2)[C@@H]1OCc1ccc(Cl)cc1. The molecule has 1 unspecified atom stereocenters. The molecular weight excluding hydrogens is 622 g/mol. The third-order valence-electron chi connectivity index (χ3n) is 6.45. The van der Waals surface area contributed by atoms with Crippen LogP contribution in [0.3, 0.4) is 0 Å². The summed E-state index contributed by atoms with van der Waals surface area (Å²) in [4.78, 5) is 0. The smallest absolute Gasteiger partial charge is 0.335 e. The summed E-state index contributed by atoms with van der Waals surface area (Å²) in [5.41, 5.74) is 2.86. The lowest BCUT2D eigenvalue weighted by molar-refractivity contribution is -0.302. The van der Waals surface area contributed by atoms with Crippen molar-refractivity contribution in [1.82, 2.24) is 0 Å². The van der Waals surface area contributed by atoms with Crippen molar-refractivity contribution >= 4 is 43.4 Å². The molecule has 11 heteroatoms. The molecule has 0 spiro atoms. The molecule has 1 saturated heterocycles. The van der Waals surface area contributed by atoms with E-state index in [4.69, 9.17) is 67.3 Å². The van der Waals surface area contributed by atoms with E-state index in [1.54, 1.807) is 0 Å². The molecular formula is C31H36Cl3O7P. The lowest BCUT2D eigenvalue weighted by Gasteiger charge is -2.45. The van der Waals surface area contributed by atoms with E-state index in [1.807, 2.05) is 93.6 Å². The molecule has 0 aromatic heterocycles. The summed E-state index contributed by atoms with van der Waals surface area (Å²) in [5.74, 6) is 0. The van der Waals surface area contributed by atoms with E-state index < -0.39 is 39.3 Å². The summed E-state index contributed by atoms with van der Waals surface area (Å²) in [6.07, 6.45) is -3.01. The van der Waals surface area contributed by atoms with Crippen LogP contribution >= 0.6 is 43.4 Å². The second kappa shape index (κ2) is 17.2. The molecule has 0 N–H and O–H groups in total. The molecule has 0 bridgehead atoms. The fourth-order valence-electron chi connectivity index (χ4n) is 4.37. The zero-order chi connectivity index (χ0) is 29.9. The molecule has 3 aromatic rings. The van der Waals surface area contributed by atoms with Crippen LogP contribution in [0.25, 0.3) is 0 Å². The van der Waals surface area contributed by atoms with E-state index in [0.29, 0.717) is 41.5 Å². The van der Waals surface area contributed by atoms with Crippen molar-refractivity contribution in [2.24, 2.45) is 0 Å². The second-order valence-electron chi connectivity index (χ2n) is 9.58. The highest BCUT2D eigenvalue weighted by Gasteiger charge is 2.48. The maximum atomic E-state index is 6.58. The Hall–Kier alpha value is -1.32. The fraction of sp³-hybridized carbons (Fsp3) is 0.419. The van der Waals surface area contributed by atoms with Gasteiger partial charge < -0.3 is 28.0 Å². The van der Waals surface area contributed by atoms with Crippen LogP contribution in [0, 0.1) is 0 Å². The van der Waals surface area contributed by atoms with Gasteiger partial charge in [-0.15, -0.1) is 0 Å². The first-order valence-electron chi connectivity index (χ1n) is 13.8. The lowest BCUT2D eigenvalue weighted by atomic mass is 9.98. The van der Waals surface area contributed by atoms with Crippen LogP contribution in [0.4, 0.5) is 0 Å². The molecule has 42 heavy (non-hydrogen) atoms. The predicted molar refractivity (Wildman–Crippen MR) is 166 cm³/mol. The molecule has 5 atom stereocenters. The summed E-state index contributed by atoms with van der Waals surface area (Å²) >= 11 is 18.3. The van der Waals surface area contributed by atoms with Gasteiger partial charge in [-0.3, -0.25) is 4.52 Å². The number of rotatable bonds is 15. The first-order valence-corrected chi connectivity index (χ1v) is 16.1. The van der Waals surface area contributed by atoms with Crippen LogP contribution in [0.1, 0.15) is 37.5 Å². The molecule has 1 aliphatic heterocycles. The Balaban J connectivity index is 1.61. The Labute approximate surface area is 264 Å². The first-order chi connectivity index (χ1) is 20.4. The van der Waals surface area contributed by atoms with Gasteiger partial charge >= 0.3 is 8.60 Å². The Morgan fingerprint density at radius 1 is 0.595 bits per heavy atom. The van der Waals surface area contributed by atoms with Crippen molar-refractivity contribution in [3.8, 4) is 0 Å². The Morgan fingerprint density at radius 2 is 0.976 bits per heavy atom. The van der Waals surface area contributed by atoms with Gasteiger partial charge in [0.2, 0.25) is 0 Å². The quantitative estimate of drug-likeness (QED) is 0.151. The van der Waals surface area contributed by atoms with E-state index in [0.717, 1.165) is 16.7 Å². The molecule has 0 amide bonds. The molecule has 0 aliphatic carbocycles. The number of hydrogen-bond acceptors (Lipinski definition) is 7. The molecule has 1 aliphatic rings. The maximum absolute atomic E-state index is 6.58. The van der Waals surface area contributed by atoms with E-state index in [2.05, 4.69) is 0 Å². The molecule has 1 fully saturated rings. The average molecular weight is 658 g/mol. The van der Waals surface area contributed by atoms with Crippen molar-refractivity contribution in [2.75, 3.05) is 13.2 Å². The Kier molecular flexibility index (Phi) is 13.8. The number of ether oxygens (including phenoxy) is 4. The van der Waals surface area contributed by atoms with Gasteiger partial charge in [0.05, 0.1) is 39.1 Å². The van der Waals surface area contributed by atoms with Crippen molar-refractivity contribution in [1.29, 1.82) is 0 Å². The topological polar surface area (TPSA) is 64.6 Å². The van der Waals surface area contributed by atoms with Gasteiger partial charge in [-0.2, -0.15) is 0 Å². The molecule has 228 valence electrons. The van der Waals surface area contributed by atoms with Crippen molar-refractivity contribution in [3.05, 3.63) is 105 Å². The van der Waals surface area contributed by atoms with E-state index >= 15 is 0 Å². The van der Waals surface area contributed by atoms with Crippen molar-refractivity contribution in [3.63, 3.8) is 0 Å². The fourth-order valence-corrected chi connectivity index (χ4v) is 5.70. The minimum atomic E-state index is -1.68. The van der Waals surface area contributed by atoms with Crippen LogP contribution < -0.4 is 0 Å². The van der Waals surface area contributed by atoms with Crippen LogP contribution in [0.15, 0.2) is 72.8 Å². The first kappa shape index (κ1) is 33.6. The van der Waals surface area contributed by atoms with E-state index in [-0.39, 0.29) is 6.61 Å². The molecule has 7 nitrogen and oxygen atoms in total. The Bertz CT molecular complexity index is 1190. The number of halogens is 3. The Morgan fingerprint density at radius 3 is 1.38 bits per heavy atom. The average Bonchev–Trinajstić information content (AvgIpc) is 2.98. The van der Waals surface area contributed by atoms with Gasteiger partial charge in [-0.05, 0) is 73.9 Å². The highest BCUT2D eigenvalue weighted by molar-refractivity contribution is 7.41. The summed E-state index contributed by atoms with van der Waals surface area (Å²) in [6.45, 7) is 7.45. The zero-order valence-electron chi connectivity index (χ0n) is 23.8. The third kappa shape index (κ3) is 10.1. The van der Waals surface area contributed by atoms with Crippen molar-refractivity contribution in [2.45, 2.75) is 71.3 Å². The summed E-state index contributed by atoms with van der Waals surface area (Å²) < 4.78 is 43.7. The van der Waals surface area contributed by atoms with Crippen molar-refractivity contribution < 1.29 is 32.5 Å². The van der Waals surface area contributed by atoms with Gasteiger partial charge in [0.25, 0.3) is 0 Å². The van der Waals surface area contributed by atoms with Crippen LogP contribution in [-0.2, 0) is 52.3 Å². The van der Waals surface area contributed by atoms with Gasteiger partial charge in [0.15, 0.2) is 6.29 Å². The highest BCUT2D eigenvalue weighted by atomic mass is 35.5. The summed E-state index contributed by atoms with van der Waals surface area (Å²) in [7, 11) is -1.68. The maximum Gasteiger partial charge on any atom is 0.335 e. The third-order valence-corrected chi connectivity index (χ3v) is 8.53. The van der Waals surface area contributed by atoms with Crippen LogP contribution in [0.5, 0.6) is 0 Å². The van der Waals surface area contributed by atoms with Gasteiger partial charge in [-0.1, -0.05) is 71.2 Å². The lowest BCUT2D eigenvalue weighted by Crippen LogP contribution is -2.59.